The molecule has 0 amide bonds. The third kappa shape index (κ3) is 4.14. The van der Waals surface area contributed by atoms with Gasteiger partial charge in [-0.05, 0) is 35.0 Å². The lowest BCUT2D eigenvalue weighted by molar-refractivity contribution is -0.131. The standard InChI is InChI=1S/C24H20BrN3O3/c1-14(2)23-27-21-10-9-17(25)12-19(21)24(30)28(23)26-13-20-18-7-5-4-6-16(18)8-11-22(20)31-15(3)29/h4-14H,1-3H3. The summed E-state index contributed by atoms with van der Waals surface area (Å²) in [7, 11) is 0. The van der Waals surface area contributed by atoms with Gasteiger partial charge in [0.25, 0.3) is 5.56 Å². The van der Waals surface area contributed by atoms with Crippen molar-refractivity contribution >= 4 is 49.8 Å². The van der Waals surface area contributed by atoms with E-state index in [0.717, 1.165) is 15.2 Å². The van der Waals surface area contributed by atoms with Crippen molar-refractivity contribution in [2.24, 2.45) is 5.10 Å². The number of rotatable bonds is 4. The zero-order chi connectivity index (χ0) is 22.1. The second-order valence-corrected chi connectivity index (χ2v) is 8.36. The second-order valence-electron chi connectivity index (χ2n) is 7.44. The molecule has 0 aliphatic rings. The lowest BCUT2D eigenvalue weighted by Gasteiger charge is -2.13. The highest BCUT2D eigenvalue weighted by Gasteiger charge is 2.15. The van der Waals surface area contributed by atoms with Crippen LogP contribution in [-0.2, 0) is 4.79 Å². The molecule has 0 N–H and O–H groups in total. The Morgan fingerprint density at radius 2 is 1.90 bits per heavy atom. The van der Waals surface area contributed by atoms with Crippen LogP contribution >= 0.6 is 15.9 Å². The van der Waals surface area contributed by atoms with Gasteiger partial charge >= 0.3 is 5.97 Å². The van der Waals surface area contributed by atoms with E-state index in [0.29, 0.717) is 28.0 Å². The summed E-state index contributed by atoms with van der Waals surface area (Å²) < 4.78 is 7.50. The Morgan fingerprint density at radius 1 is 1.13 bits per heavy atom. The van der Waals surface area contributed by atoms with Crippen LogP contribution < -0.4 is 10.3 Å². The summed E-state index contributed by atoms with van der Waals surface area (Å²) in [6.45, 7) is 5.27. The molecule has 0 fully saturated rings. The van der Waals surface area contributed by atoms with E-state index in [4.69, 9.17) is 4.74 Å². The molecule has 4 aromatic rings. The number of esters is 1. The number of nitrogens with zero attached hydrogens (tertiary/aromatic N) is 3. The zero-order valence-electron chi connectivity index (χ0n) is 17.3. The molecule has 7 heteroatoms. The molecule has 6 nitrogen and oxygen atoms in total. The molecule has 0 bridgehead atoms. The maximum atomic E-state index is 13.3. The van der Waals surface area contributed by atoms with Crippen LogP contribution in [0.25, 0.3) is 21.7 Å². The van der Waals surface area contributed by atoms with Crippen LogP contribution in [-0.4, -0.2) is 21.8 Å². The van der Waals surface area contributed by atoms with Crippen molar-refractivity contribution < 1.29 is 9.53 Å². The summed E-state index contributed by atoms with van der Waals surface area (Å²) >= 11 is 3.41. The van der Waals surface area contributed by atoms with E-state index < -0.39 is 5.97 Å². The van der Waals surface area contributed by atoms with Gasteiger partial charge in [-0.15, -0.1) is 0 Å². The van der Waals surface area contributed by atoms with Gasteiger partial charge in [0.05, 0.1) is 17.1 Å². The van der Waals surface area contributed by atoms with Gasteiger partial charge in [0.1, 0.15) is 11.6 Å². The van der Waals surface area contributed by atoms with Crippen LogP contribution in [0.2, 0.25) is 0 Å². The van der Waals surface area contributed by atoms with Crippen LogP contribution in [0.5, 0.6) is 5.75 Å². The summed E-state index contributed by atoms with van der Waals surface area (Å²) in [5.41, 5.74) is 0.971. The molecule has 3 aromatic carbocycles. The van der Waals surface area contributed by atoms with Crippen molar-refractivity contribution in [3.63, 3.8) is 0 Å². The van der Waals surface area contributed by atoms with E-state index >= 15 is 0 Å². The molecule has 0 atom stereocenters. The molecule has 4 rings (SSSR count). The Bertz CT molecular complexity index is 1410. The number of carbonyl (C=O) groups is 1. The van der Waals surface area contributed by atoms with Crippen LogP contribution in [0.4, 0.5) is 0 Å². The predicted molar refractivity (Wildman–Crippen MR) is 126 cm³/mol. The first-order chi connectivity index (χ1) is 14.8. The number of halogens is 1. The van der Waals surface area contributed by atoms with Gasteiger partial charge < -0.3 is 4.74 Å². The molecule has 0 aliphatic carbocycles. The van der Waals surface area contributed by atoms with Crippen molar-refractivity contribution in [2.45, 2.75) is 26.7 Å². The third-order valence-corrected chi connectivity index (χ3v) is 5.33. The maximum Gasteiger partial charge on any atom is 0.308 e. The number of aromatic nitrogens is 2. The maximum absolute atomic E-state index is 13.3. The molecule has 156 valence electrons. The number of ether oxygens (including phenoxy) is 1. The van der Waals surface area contributed by atoms with Gasteiger partial charge in [0.15, 0.2) is 0 Å². The highest BCUT2D eigenvalue weighted by molar-refractivity contribution is 9.10. The number of hydrogen-bond acceptors (Lipinski definition) is 5. The molecule has 0 saturated carbocycles. The van der Waals surface area contributed by atoms with Crippen LogP contribution in [0, 0.1) is 0 Å². The van der Waals surface area contributed by atoms with Gasteiger partial charge in [-0.3, -0.25) is 9.59 Å². The van der Waals surface area contributed by atoms with Crippen molar-refractivity contribution in [3.05, 3.63) is 80.8 Å². The SMILES string of the molecule is CC(=O)Oc1ccc2ccccc2c1C=Nn1c(C(C)C)nc2ccc(Br)cc2c1=O. The van der Waals surface area contributed by atoms with E-state index in [1.54, 1.807) is 18.3 Å². The van der Waals surface area contributed by atoms with Gasteiger partial charge in [0, 0.05) is 22.9 Å². The Balaban J connectivity index is 1.95. The summed E-state index contributed by atoms with van der Waals surface area (Å²) in [6, 6.07) is 16.7. The summed E-state index contributed by atoms with van der Waals surface area (Å²) in [5, 5.41) is 6.80. The average molecular weight is 478 g/mol. The molecule has 31 heavy (non-hydrogen) atoms. The fraction of sp³-hybridized carbons (Fsp3) is 0.167. The summed E-state index contributed by atoms with van der Waals surface area (Å²) in [6.07, 6.45) is 1.55. The number of benzene rings is 3. The summed E-state index contributed by atoms with van der Waals surface area (Å²) in [4.78, 5) is 29.5. The Kier molecular flexibility index (Phi) is 5.69. The number of hydrogen-bond donors (Lipinski definition) is 0. The number of carbonyl (C=O) groups excluding carboxylic acids is 1. The molecule has 0 unspecified atom stereocenters. The van der Waals surface area contributed by atoms with Crippen molar-refractivity contribution in [1.82, 2.24) is 9.66 Å². The predicted octanol–water partition coefficient (Wildman–Crippen LogP) is 5.24. The van der Waals surface area contributed by atoms with E-state index in [2.05, 4.69) is 26.0 Å². The minimum absolute atomic E-state index is 0.0293. The molecule has 0 aliphatic heterocycles. The lowest BCUT2D eigenvalue weighted by atomic mass is 10.0. The van der Waals surface area contributed by atoms with E-state index in [-0.39, 0.29) is 11.5 Å². The van der Waals surface area contributed by atoms with Crippen molar-refractivity contribution in [1.29, 1.82) is 0 Å². The van der Waals surface area contributed by atoms with Crippen LogP contribution in [0.15, 0.2) is 69.0 Å². The zero-order valence-corrected chi connectivity index (χ0v) is 18.9. The molecule has 0 saturated heterocycles. The molecule has 0 radical (unpaired) electrons. The molecule has 1 aromatic heterocycles. The highest BCUT2D eigenvalue weighted by atomic mass is 79.9. The lowest BCUT2D eigenvalue weighted by Crippen LogP contribution is -2.23. The minimum atomic E-state index is -0.429. The highest BCUT2D eigenvalue weighted by Crippen LogP contribution is 2.27. The van der Waals surface area contributed by atoms with Gasteiger partial charge in [-0.2, -0.15) is 9.78 Å². The van der Waals surface area contributed by atoms with Crippen LogP contribution in [0.3, 0.4) is 0 Å². The first-order valence-corrected chi connectivity index (χ1v) is 10.6. The second kappa shape index (κ2) is 8.43. The Hall–Kier alpha value is -3.32. The van der Waals surface area contributed by atoms with E-state index in [9.17, 15) is 9.59 Å². The fourth-order valence-electron chi connectivity index (χ4n) is 3.42. The summed E-state index contributed by atoms with van der Waals surface area (Å²) in [5.74, 6) is 0.469. The largest absolute Gasteiger partial charge is 0.426 e. The van der Waals surface area contributed by atoms with E-state index in [1.165, 1.54) is 11.6 Å². The van der Waals surface area contributed by atoms with E-state index in [1.807, 2.05) is 56.3 Å². The molecular weight excluding hydrogens is 458 g/mol. The van der Waals surface area contributed by atoms with Gasteiger partial charge in [0.2, 0.25) is 0 Å². The topological polar surface area (TPSA) is 73.5 Å². The molecule has 1 heterocycles. The van der Waals surface area contributed by atoms with Gasteiger partial charge in [-0.1, -0.05) is 60.1 Å². The molecule has 0 spiro atoms. The van der Waals surface area contributed by atoms with Crippen LogP contribution in [0.1, 0.15) is 38.1 Å². The van der Waals surface area contributed by atoms with Crippen molar-refractivity contribution in [2.75, 3.05) is 0 Å². The Labute approximate surface area is 187 Å². The first-order valence-electron chi connectivity index (χ1n) is 9.82. The molecular formula is C24H20BrN3O3. The fourth-order valence-corrected chi connectivity index (χ4v) is 3.78. The Morgan fingerprint density at radius 3 is 2.65 bits per heavy atom. The monoisotopic (exact) mass is 477 g/mol. The van der Waals surface area contributed by atoms with Gasteiger partial charge in [-0.25, -0.2) is 4.98 Å². The first kappa shape index (κ1) is 20.9. The smallest absolute Gasteiger partial charge is 0.308 e. The van der Waals surface area contributed by atoms with Crippen molar-refractivity contribution in [3.8, 4) is 5.75 Å². The third-order valence-electron chi connectivity index (χ3n) is 4.84. The number of fused-ring (bicyclic) bond motifs is 2. The minimum Gasteiger partial charge on any atom is -0.426 e. The quantitative estimate of drug-likeness (QED) is 0.228. The average Bonchev–Trinajstić information content (AvgIpc) is 2.73. The normalized spacial score (nSPS) is 11.6.